The number of hydrogen-bond donors (Lipinski definition) is 1. The van der Waals surface area contributed by atoms with Gasteiger partial charge >= 0.3 is 0 Å². The Bertz CT molecular complexity index is 531. The lowest BCUT2D eigenvalue weighted by Crippen LogP contribution is -2.24. The molecule has 0 saturated heterocycles. The van der Waals surface area contributed by atoms with Crippen LogP contribution in [-0.4, -0.2) is 11.0 Å². The molecule has 2 rings (SSSR count). The zero-order chi connectivity index (χ0) is 13.7. The number of benzene rings is 1. The van der Waals surface area contributed by atoms with Crippen molar-refractivity contribution in [2.45, 2.75) is 25.3 Å². The number of aryl methyl sites for hydroxylation is 1. The zero-order valence-electron chi connectivity index (χ0n) is 10.5. The average molecular weight is 279 g/mol. The Hall–Kier alpha value is -1.45. The summed E-state index contributed by atoms with van der Waals surface area (Å²) in [7, 11) is 0. The van der Waals surface area contributed by atoms with Gasteiger partial charge in [-0.25, -0.2) is 4.39 Å². The van der Waals surface area contributed by atoms with E-state index in [9.17, 15) is 4.39 Å². The van der Waals surface area contributed by atoms with Crippen molar-refractivity contribution in [1.82, 2.24) is 4.98 Å². The van der Waals surface area contributed by atoms with E-state index in [2.05, 4.69) is 4.98 Å². The molecule has 1 aromatic carbocycles. The fourth-order valence-electron chi connectivity index (χ4n) is 1.98. The molecule has 4 heteroatoms. The summed E-state index contributed by atoms with van der Waals surface area (Å²) < 4.78 is 13.6. The second-order valence-electron chi connectivity index (χ2n) is 4.60. The summed E-state index contributed by atoms with van der Waals surface area (Å²) >= 11 is 5.86. The van der Waals surface area contributed by atoms with E-state index in [1.54, 1.807) is 18.3 Å². The normalized spacial score (nSPS) is 12.4. The molecule has 2 nitrogen and oxygen atoms in total. The van der Waals surface area contributed by atoms with Gasteiger partial charge in [-0.05, 0) is 54.7 Å². The van der Waals surface area contributed by atoms with Crippen molar-refractivity contribution in [1.29, 1.82) is 0 Å². The number of nitrogens with two attached hydrogens (primary N) is 1. The van der Waals surface area contributed by atoms with Crippen molar-refractivity contribution >= 4 is 11.6 Å². The topological polar surface area (TPSA) is 38.9 Å². The summed E-state index contributed by atoms with van der Waals surface area (Å²) in [5.41, 5.74) is 7.76. The van der Waals surface area contributed by atoms with Gasteiger partial charge in [0.1, 0.15) is 5.82 Å². The average Bonchev–Trinajstić information content (AvgIpc) is 2.42. The van der Waals surface area contributed by atoms with Crippen molar-refractivity contribution in [3.8, 4) is 0 Å². The molecule has 0 spiro atoms. The fourth-order valence-corrected chi connectivity index (χ4v) is 2.18. The minimum atomic E-state index is -0.249. The maximum Gasteiger partial charge on any atom is 0.126 e. The number of hydrogen-bond acceptors (Lipinski definition) is 2. The van der Waals surface area contributed by atoms with E-state index in [0.29, 0.717) is 17.0 Å². The third-order valence-corrected chi connectivity index (χ3v) is 3.25. The van der Waals surface area contributed by atoms with E-state index in [0.717, 1.165) is 18.4 Å². The van der Waals surface area contributed by atoms with Crippen LogP contribution in [0.2, 0.25) is 5.02 Å². The van der Waals surface area contributed by atoms with Crippen LogP contribution in [0.5, 0.6) is 0 Å². The van der Waals surface area contributed by atoms with Crippen LogP contribution in [-0.2, 0) is 12.8 Å². The van der Waals surface area contributed by atoms with E-state index >= 15 is 0 Å². The van der Waals surface area contributed by atoms with Gasteiger partial charge in [0.25, 0.3) is 0 Å². The second-order valence-corrected chi connectivity index (χ2v) is 5.04. The number of rotatable bonds is 5. The number of pyridine rings is 1. The highest BCUT2D eigenvalue weighted by Crippen LogP contribution is 2.17. The molecule has 0 saturated carbocycles. The van der Waals surface area contributed by atoms with Gasteiger partial charge in [-0.15, -0.1) is 0 Å². The van der Waals surface area contributed by atoms with Crippen LogP contribution in [0.4, 0.5) is 4.39 Å². The minimum Gasteiger partial charge on any atom is -0.327 e. The van der Waals surface area contributed by atoms with Crippen LogP contribution in [0.3, 0.4) is 0 Å². The van der Waals surface area contributed by atoms with Crippen LogP contribution in [0.15, 0.2) is 42.7 Å². The number of aromatic nitrogens is 1. The predicted molar refractivity (Wildman–Crippen MR) is 75.6 cm³/mol. The van der Waals surface area contributed by atoms with E-state index < -0.39 is 0 Å². The summed E-state index contributed by atoms with van der Waals surface area (Å²) in [5.74, 6) is -0.249. The molecule has 0 aliphatic heterocycles. The molecular formula is C15H16ClFN2. The van der Waals surface area contributed by atoms with Gasteiger partial charge in [0.05, 0.1) is 0 Å². The third kappa shape index (κ3) is 4.30. The van der Waals surface area contributed by atoms with Crippen molar-refractivity contribution in [3.05, 3.63) is 64.7 Å². The molecule has 2 N–H and O–H groups in total. The van der Waals surface area contributed by atoms with Crippen LogP contribution in [0, 0.1) is 5.82 Å². The largest absolute Gasteiger partial charge is 0.327 e. The van der Waals surface area contributed by atoms with Gasteiger partial charge in [0.2, 0.25) is 0 Å². The maximum atomic E-state index is 13.6. The lowest BCUT2D eigenvalue weighted by atomic mass is 10.00. The predicted octanol–water partition coefficient (Wildman–Crippen LogP) is 3.38. The zero-order valence-corrected chi connectivity index (χ0v) is 11.3. The first-order valence-electron chi connectivity index (χ1n) is 6.23. The van der Waals surface area contributed by atoms with E-state index in [4.69, 9.17) is 17.3 Å². The van der Waals surface area contributed by atoms with Gasteiger partial charge < -0.3 is 5.73 Å². The van der Waals surface area contributed by atoms with E-state index in [1.165, 1.54) is 6.07 Å². The Balaban J connectivity index is 1.90. The molecule has 0 aliphatic carbocycles. The lowest BCUT2D eigenvalue weighted by molar-refractivity contribution is 0.566. The number of nitrogens with zero attached hydrogens (tertiary/aromatic N) is 1. The first kappa shape index (κ1) is 14.0. The Morgan fingerprint density at radius 2 is 2.16 bits per heavy atom. The Morgan fingerprint density at radius 3 is 2.89 bits per heavy atom. The molecular weight excluding hydrogens is 263 g/mol. The van der Waals surface area contributed by atoms with Crippen molar-refractivity contribution in [3.63, 3.8) is 0 Å². The Kier molecular flexibility index (Phi) is 4.88. The summed E-state index contributed by atoms with van der Waals surface area (Å²) in [6.45, 7) is 0. The molecule has 0 fully saturated rings. The molecule has 1 aromatic heterocycles. The van der Waals surface area contributed by atoms with Gasteiger partial charge in [0, 0.05) is 23.5 Å². The molecule has 0 bridgehead atoms. The summed E-state index contributed by atoms with van der Waals surface area (Å²) in [5, 5.41) is 0.538. The van der Waals surface area contributed by atoms with Crippen LogP contribution in [0.1, 0.15) is 17.5 Å². The molecule has 1 unspecified atom stereocenters. The van der Waals surface area contributed by atoms with E-state index in [1.807, 2.05) is 18.3 Å². The quantitative estimate of drug-likeness (QED) is 0.911. The number of halogens is 2. The van der Waals surface area contributed by atoms with Crippen LogP contribution < -0.4 is 5.73 Å². The van der Waals surface area contributed by atoms with Crippen molar-refractivity contribution in [2.24, 2.45) is 5.73 Å². The van der Waals surface area contributed by atoms with Crippen molar-refractivity contribution in [2.75, 3.05) is 0 Å². The summed E-state index contributed by atoms with van der Waals surface area (Å²) in [4.78, 5) is 4.05. The highest BCUT2D eigenvalue weighted by Gasteiger charge is 2.09. The van der Waals surface area contributed by atoms with Crippen LogP contribution in [0.25, 0.3) is 0 Å². The maximum absolute atomic E-state index is 13.6. The van der Waals surface area contributed by atoms with E-state index in [-0.39, 0.29) is 11.9 Å². The molecule has 1 heterocycles. The molecule has 0 aliphatic rings. The smallest absolute Gasteiger partial charge is 0.126 e. The monoisotopic (exact) mass is 278 g/mol. The second kappa shape index (κ2) is 6.64. The lowest BCUT2D eigenvalue weighted by Gasteiger charge is -2.12. The Morgan fingerprint density at radius 1 is 1.32 bits per heavy atom. The fraction of sp³-hybridized carbons (Fsp3) is 0.267. The molecule has 1 atom stereocenters. The Labute approximate surface area is 117 Å². The SMILES string of the molecule is NC(CCc1cccnc1)Cc1cc(Cl)ccc1F. The molecule has 0 radical (unpaired) electrons. The van der Waals surface area contributed by atoms with Gasteiger partial charge in [0.15, 0.2) is 0 Å². The highest BCUT2D eigenvalue weighted by atomic mass is 35.5. The summed E-state index contributed by atoms with van der Waals surface area (Å²) in [6.07, 6.45) is 5.69. The molecule has 19 heavy (non-hydrogen) atoms. The van der Waals surface area contributed by atoms with Gasteiger partial charge in [-0.2, -0.15) is 0 Å². The first-order chi connectivity index (χ1) is 9.15. The minimum absolute atomic E-state index is 0.0897. The van der Waals surface area contributed by atoms with Gasteiger partial charge in [-0.1, -0.05) is 17.7 Å². The standard InChI is InChI=1S/C15H16ClFN2/c16-13-4-6-15(17)12(8-13)9-14(18)5-3-11-2-1-7-19-10-11/h1-2,4,6-8,10,14H,3,5,9,18H2. The highest BCUT2D eigenvalue weighted by molar-refractivity contribution is 6.30. The molecule has 2 aromatic rings. The first-order valence-corrected chi connectivity index (χ1v) is 6.61. The van der Waals surface area contributed by atoms with Gasteiger partial charge in [-0.3, -0.25) is 4.98 Å². The molecule has 100 valence electrons. The van der Waals surface area contributed by atoms with Crippen LogP contribution >= 0.6 is 11.6 Å². The van der Waals surface area contributed by atoms with Crippen molar-refractivity contribution < 1.29 is 4.39 Å². The third-order valence-electron chi connectivity index (χ3n) is 3.02. The molecule has 0 amide bonds. The summed E-state index contributed by atoms with van der Waals surface area (Å²) in [6, 6.07) is 8.39.